The number of ether oxygens (including phenoxy) is 4. The molecule has 0 fully saturated rings. The summed E-state index contributed by atoms with van der Waals surface area (Å²) in [6, 6.07) is 0. The number of quaternary nitrogens is 1. The summed E-state index contributed by atoms with van der Waals surface area (Å²) in [6.07, 6.45) is 68.0. The molecule has 73 heavy (non-hydrogen) atoms. The van der Waals surface area contributed by atoms with E-state index in [0.717, 1.165) is 70.6 Å². The number of esters is 2. The van der Waals surface area contributed by atoms with Gasteiger partial charge in [-0.15, -0.1) is 0 Å². The van der Waals surface area contributed by atoms with Crippen molar-refractivity contribution in [3.63, 3.8) is 0 Å². The molecule has 0 saturated heterocycles. The van der Waals surface area contributed by atoms with E-state index in [0.29, 0.717) is 17.4 Å². The number of aliphatic carboxylic acids is 1. The van der Waals surface area contributed by atoms with Gasteiger partial charge in [-0.05, 0) is 83.5 Å². The number of carboxylic acid groups (broad SMARTS) is 1. The number of likely N-dealkylation sites (N-methyl/N-ethyl adjacent to an activating group) is 1. The van der Waals surface area contributed by atoms with Crippen molar-refractivity contribution in [2.24, 2.45) is 0 Å². The number of hydrogen-bond acceptors (Lipinski definition) is 8. The third kappa shape index (κ3) is 56.3. The average molecular weight is 1020 g/mol. The summed E-state index contributed by atoms with van der Waals surface area (Å²) in [7, 11) is 5.92. The molecule has 0 spiro atoms. The van der Waals surface area contributed by atoms with Crippen molar-refractivity contribution in [3.05, 3.63) is 72.9 Å². The lowest BCUT2D eigenvalue weighted by Gasteiger charge is -2.26. The summed E-state index contributed by atoms with van der Waals surface area (Å²) >= 11 is 0. The van der Waals surface area contributed by atoms with E-state index in [2.05, 4.69) is 86.8 Å². The van der Waals surface area contributed by atoms with Crippen LogP contribution in [0.25, 0.3) is 0 Å². The molecule has 0 aromatic heterocycles. The Morgan fingerprint density at radius 3 is 1.18 bits per heavy atom. The van der Waals surface area contributed by atoms with E-state index in [1.807, 2.05) is 21.1 Å². The van der Waals surface area contributed by atoms with Crippen molar-refractivity contribution in [2.75, 3.05) is 47.5 Å². The van der Waals surface area contributed by atoms with Crippen molar-refractivity contribution in [1.82, 2.24) is 0 Å². The van der Waals surface area contributed by atoms with Gasteiger partial charge in [-0.1, -0.05) is 234 Å². The summed E-state index contributed by atoms with van der Waals surface area (Å²) in [5, 5.41) is 11.8. The molecule has 0 aliphatic heterocycles. The van der Waals surface area contributed by atoms with E-state index in [1.165, 1.54) is 154 Å². The number of carbonyl (C=O) groups is 3. The van der Waals surface area contributed by atoms with Crippen LogP contribution in [0.15, 0.2) is 72.9 Å². The summed E-state index contributed by atoms with van der Waals surface area (Å²) in [6.45, 7) is 4.65. The minimum Gasteiger partial charge on any atom is -0.545 e. The summed E-state index contributed by atoms with van der Waals surface area (Å²) in [5.41, 5.74) is 0. The van der Waals surface area contributed by atoms with Crippen LogP contribution < -0.4 is 5.11 Å². The maximum absolute atomic E-state index is 12.9. The van der Waals surface area contributed by atoms with E-state index < -0.39 is 24.3 Å². The SMILES string of the molecule is CC/C=C\C/C=C\C/C=C\C/C=C\C/C=C\CCCCCCCCCCCCCCCC(=O)OC(COC(=O)CCCCCCCCCCC/C=C\CCCCCCCC)COC(OCC[N+](C)(C)C)C(=O)[O-]. The lowest BCUT2D eigenvalue weighted by molar-refractivity contribution is -0.870. The van der Waals surface area contributed by atoms with Crippen molar-refractivity contribution < 1.29 is 42.9 Å². The number of rotatable bonds is 55. The predicted octanol–water partition coefficient (Wildman–Crippen LogP) is 16.5. The molecule has 2 atom stereocenters. The minimum atomic E-state index is -1.62. The van der Waals surface area contributed by atoms with E-state index in [1.54, 1.807) is 0 Å². The number of allylic oxidation sites excluding steroid dienone is 12. The molecule has 0 aliphatic carbocycles. The van der Waals surface area contributed by atoms with Crippen molar-refractivity contribution in [1.29, 1.82) is 0 Å². The highest BCUT2D eigenvalue weighted by Gasteiger charge is 2.22. The Hall–Kier alpha value is -3.27. The molecule has 0 aliphatic rings. The van der Waals surface area contributed by atoms with Gasteiger partial charge in [-0.3, -0.25) is 9.59 Å². The van der Waals surface area contributed by atoms with Crippen LogP contribution in [0.2, 0.25) is 0 Å². The van der Waals surface area contributed by atoms with Gasteiger partial charge in [0.15, 0.2) is 12.4 Å². The fourth-order valence-corrected chi connectivity index (χ4v) is 8.32. The van der Waals surface area contributed by atoms with Gasteiger partial charge in [0, 0.05) is 12.8 Å². The largest absolute Gasteiger partial charge is 0.545 e. The first-order chi connectivity index (χ1) is 35.6. The first kappa shape index (κ1) is 69.7. The summed E-state index contributed by atoms with van der Waals surface area (Å²) in [4.78, 5) is 37.3. The molecule has 2 unspecified atom stereocenters. The Balaban J connectivity index is 4.20. The first-order valence-corrected chi connectivity index (χ1v) is 30.1. The lowest BCUT2D eigenvalue weighted by Crippen LogP contribution is -2.44. The zero-order chi connectivity index (χ0) is 53.4. The van der Waals surface area contributed by atoms with Gasteiger partial charge in [0.25, 0.3) is 0 Å². The van der Waals surface area contributed by atoms with Crippen LogP contribution in [0.1, 0.15) is 258 Å². The highest BCUT2D eigenvalue weighted by Crippen LogP contribution is 2.16. The van der Waals surface area contributed by atoms with E-state index in [4.69, 9.17) is 18.9 Å². The zero-order valence-electron chi connectivity index (χ0n) is 48.0. The predicted molar refractivity (Wildman–Crippen MR) is 306 cm³/mol. The number of unbranched alkanes of at least 4 members (excludes halogenated alkanes) is 28. The van der Waals surface area contributed by atoms with Gasteiger partial charge in [0.05, 0.1) is 40.3 Å². The summed E-state index contributed by atoms with van der Waals surface area (Å²) in [5.74, 6) is -2.28. The molecule has 0 N–H and O–H groups in total. The number of carbonyl (C=O) groups excluding carboxylic acids is 3. The van der Waals surface area contributed by atoms with Gasteiger partial charge in [0.1, 0.15) is 13.2 Å². The molecule has 0 amide bonds. The monoisotopic (exact) mass is 1020 g/mol. The van der Waals surface area contributed by atoms with E-state index in [-0.39, 0.29) is 38.6 Å². The van der Waals surface area contributed by atoms with Crippen LogP contribution in [0.3, 0.4) is 0 Å². The van der Waals surface area contributed by atoms with Crippen molar-refractivity contribution in [2.45, 2.75) is 270 Å². The third-order valence-electron chi connectivity index (χ3n) is 12.9. The Morgan fingerprint density at radius 2 is 0.781 bits per heavy atom. The fraction of sp³-hybridized carbons (Fsp3) is 0.766. The highest BCUT2D eigenvalue weighted by molar-refractivity contribution is 5.70. The van der Waals surface area contributed by atoms with Gasteiger partial charge >= 0.3 is 11.9 Å². The number of carboxylic acids is 1. The molecule has 0 bridgehead atoms. The van der Waals surface area contributed by atoms with Crippen molar-refractivity contribution in [3.8, 4) is 0 Å². The Labute approximate surface area is 449 Å². The molecule has 0 aromatic carbocycles. The van der Waals surface area contributed by atoms with Gasteiger partial charge in [-0.25, -0.2) is 0 Å². The van der Waals surface area contributed by atoms with Gasteiger partial charge < -0.3 is 33.3 Å². The highest BCUT2D eigenvalue weighted by atomic mass is 16.7. The second-order valence-electron chi connectivity index (χ2n) is 21.3. The number of nitrogens with zero attached hydrogens (tertiary/aromatic N) is 1. The van der Waals surface area contributed by atoms with Crippen LogP contribution in [0.4, 0.5) is 0 Å². The van der Waals surface area contributed by atoms with Crippen LogP contribution in [0.5, 0.6) is 0 Å². The van der Waals surface area contributed by atoms with E-state index in [9.17, 15) is 19.5 Å². The standard InChI is InChI=1S/C64H113NO8/c1-6-8-10-12-14-16-18-20-22-24-26-27-28-29-30-31-32-33-34-35-37-39-41-43-45-47-49-51-53-55-62(67)73-60(59-72-64(63(68)69)70-57-56-65(3,4)5)58-71-61(66)54-52-50-48-46-44-42-40-38-36-25-23-21-19-17-15-13-11-9-7-2/h8,10,14,16,20-23,26-27,29-30,60,64H,6-7,9,11-13,15,17-19,24-25,28,31-59H2,1-5H3/b10-8-,16-14-,22-20-,23-21-,27-26-,30-29-. The second kappa shape index (κ2) is 55.0. The average Bonchev–Trinajstić information content (AvgIpc) is 3.36. The third-order valence-corrected chi connectivity index (χ3v) is 12.9. The van der Waals surface area contributed by atoms with Crippen molar-refractivity contribution >= 4 is 17.9 Å². The summed E-state index contributed by atoms with van der Waals surface area (Å²) < 4.78 is 22.7. The maximum Gasteiger partial charge on any atom is 0.306 e. The first-order valence-electron chi connectivity index (χ1n) is 30.1. The van der Waals surface area contributed by atoms with Gasteiger partial charge in [-0.2, -0.15) is 0 Å². The van der Waals surface area contributed by atoms with Gasteiger partial charge in [0.2, 0.25) is 0 Å². The molecule has 0 saturated carbocycles. The molecular weight excluding hydrogens is 911 g/mol. The number of hydrogen-bond donors (Lipinski definition) is 0. The van der Waals surface area contributed by atoms with Crippen LogP contribution in [-0.4, -0.2) is 82.3 Å². The molecule has 0 radical (unpaired) electrons. The molecule has 0 aromatic rings. The lowest BCUT2D eigenvalue weighted by atomic mass is 10.0. The molecule has 0 rings (SSSR count). The Bertz CT molecular complexity index is 1420. The molecule has 9 heteroatoms. The van der Waals surface area contributed by atoms with Crippen LogP contribution in [0, 0.1) is 0 Å². The van der Waals surface area contributed by atoms with Crippen LogP contribution >= 0.6 is 0 Å². The Morgan fingerprint density at radius 1 is 0.425 bits per heavy atom. The normalized spacial score (nSPS) is 13.3. The molecule has 422 valence electrons. The van der Waals surface area contributed by atoms with E-state index >= 15 is 0 Å². The maximum atomic E-state index is 12.9. The fourth-order valence-electron chi connectivity index (χ4n) is 8.32. The minimum absolute atomic E-state index is 0.146. The zero-order valence-corrected chi connectivity index (χ0v) is 48.0. The molecule has 9 nitrogen and oxygen atoms in total. The second-order valence-corrected chi connectivity index (χ2v) is 21.3. The van der Waals surface area contributed by atoms with Crippen LogP contribution in [-0.2, 0) is 33.3 Å². The smallest absolute Gasteiger partial charge is 0.306 e. The molecule has 0 heterocycles. The quantitative estimate of drug-likeness (QED) is 0.0195. The Kier molecular flexibility index (Phi) is 52.5. The molecular formula is C64H113NO8. The topological polar surface area (TPSA) is 111 Å².